The van der Waals surface area contributed by atoms with Crippen LogP contribution < -0.4 is 14.8 Å². The Balaban J connectivity index is 2.91. The van der Waals surface area contributed by atoms with Gasteiger partial charge in [0, 0.05) is 25.3 Å². The largest absolute Gasteiger partial charge is 0.497 e. The summed E-state index contributed by atoms with van der Waals surface area (Å²) in [5, 5.41) is 3.49. The van der Waals surface area contributed by atoms with Crippen LogP contribution in [-0.4, -0.2) is 34.5 Å². The first-order valence-corrected chi connectivity index (χ1v) is 6.71. The smallest absolute Gasteiger partial charge is 0.123 e. The zero-order valence-electron chi connectivity index (χ0n) is 12.4. The predicted octanol–water partition coefficient (Wildman–Crippen LogP) is 2.78. The Hall–Kier alpha value is -1.26. The molecule has 4 nitrogen and oxygen atoms in total. The summed E-state index contributed by atoms with van der Waals surface area (Å²) in [5.41, 5.74) is 1.14. The quantitative estimate of drug-likeness (QED) is 0.698. The lowest BCUT2D eigenvalue weighted by Gasteiger charge is -2.21. The van der Waals surface area contributed by atoms with Crippen molar-refractivity contribution in [3.05, 3.63) is 23.8 Å². The molecule has 0 aliphatic heterocycles. The molecule has 0 spiro atoms. The minimum Gasteiger partial charge on any atom is -0.497 e. The molecule has 0 bridgehead atoms. The van der Waals surface area contributed by atoms with Crippen LogP contribution in [0.3, 0.4) is 0 Å². The van der Waals surface area contributed by atoms with Crippen molar-refractivity contribution >= 4 is 0 Å². The molecule has 1 rings (SSSR count). The molecule has 1 N–H and O–H groups in total. The van der Waals surface area contributed by atoms with Crippen molar-refractivity contribution in [3.63, 3.8) is 0 Å². The molecule has 0 saturated heterocycles. The third kappa shape index (κ3) is 4.73. The van der Waals surface area contributed by atoms with Gasteiger partial charge in [0.15, 0.2) is 0 Å². The van der Waals surface area contributed by atoms with Crippen molar-refractivity contribution in [2.45, 2.75) is 25.8 Å². The Morgan fingerprint density at radius 3 is 2.53 bits per heavy atom. The van der Waals surface area contributed by atoms with E-state index in [0.717, 1.165) is 43.1 Å². The lowest BCUT2D eigenvalue weighted by molar-refractivity contribution is 0.188. The standard InChI is InChI=1S/C15H25NO3/c1-5-16-14(7-6-10-17-2)13-11-12(18-3)8-9-15(13)19-4/h8-9,11,14,16H,5-7,10H2,1-4H3. The zero-order valence-corrected chi connectivity index (χ0v) is 12.4. The van der Waals surface area contributed by atoms with Crippen LogP contribution in [0, 0.1) is 0 Å². The van der Waals surface area contributed by atoms with Gasteiger partial charge in [0.25, 0.3) is 0 Å². The van der Waals surface area contributed by atoms with E-state index in [0.29, 0.717) is 0 Å². The highest BCUT2D eigenvalue weighted by atomic mass is 16.5. The maximum Gasteiger partial charge on any atom is 0.123 e. The van der Waals surface area contributed by atoms with Crippen LogP contribution in [0.15, 0.2) is 18.2 Å². The molecule has 1 aromatic rings. The van der Waals surface area contributed by atoms with Crippen molar-refractivity contribution in [2.75, 3.05) is 34.5 Å². The Morgan fingerprint density at radius 1 is 1.16 bits per heavy atom. The van der Waals surface area contributed by atoms with Gasteiger partial charge < -0.3 is 19.5 Å². The van der Waals surface area contributed by atoms with E-state index in [1.54, 1.807) is 21.3 Å². The minimum atomic E-state index is 0.255. The molecule has 0 radical (unpaired) electrons. The average Bonchev–Trinajstić information content (AvgIpc) is 2.46. The Bertz CT molecular complexity index is 368. The van der Waals surface area contributed by atoms with Gasteiger partial charge in [0.2, 0.25) is 0 Å². The molecule has 1 atom stereocenters. The highest BCUT2D eigenvalue weighted by Crippen LogP contribution is 2.31. The van der Waals surface area contributed by atoms with E-state index in [1.165, 1.54) is 0 Å². The van der Waals surface area contributed by atoms with Gasteiger partial charge in [0.1, 0.15) is 11.5 Å². The van der Waals surface area contributed by atoms with E-state index in [-0.39, 0.29) is 6.04 Å². The first-order valence-electron chi connectivity index (χ1n) is 6.71. The normalized spacial score (nSPS) is 12.2. The summed E-state index contributed by atoms with van der Waals surface area (Å²) in [7, 11) is 5.11. The summed E-state index contributed by atoms with van der Waals surface area (Å²) in [6.45, 7) is 3.79. The van der Waals surface area contributed by atoms with Crippen molar-refractivity contribution in [1.82, 2.24) is 5.32 Å². The molecule has 0 aliphatic rings. The molecule has 108 valence electrons. The maximum atomic E-state index is 5.45. The average molecular weight is 267 g/mol. The number of hydrogen-bond acceptors (Lipinski definition) is 4. The van der Waals surface area contributed by atoms with Crippen LogP contribution in [0.2, 0.25) is 0 Å². The molecular weight excluding hydrogens is 242 g/mol. The third-order valence-electron chi connectivity index (χ3n) is 3.10. The zero-order chi connectivity index (χ0) is 14.1. The van der Waals surface area contributed by atoms with Crippen LogP contribution >= 0.6 is 0 Å². The lowest BCUT2D eigenvalue weighted by atomic mass is 10.0. The topological polar surface area (TPSA) is 39.7 Å². The first kappa shape index (κ1) is 15.8. The van der Waals surface area contributed by atoms with Crippen LogP contribution in [0.5, 0.6) is 11.5 Å². The Labute approximate surface area is 116 Å². The van der Waals surface area contributed by atoms with E-state index < -0.39 is 0 Å². The van der Waals surface area contributed by atoms with Crippen molar-refractivity contribution in [1.29, 1.82) is 0 Å². The lowest BCUT2D eigenvalue weighted by Crippen LogP contribution is -2.22. The highest BCUT2D eigenvalue weighted by molar-refractivity contribution is 5.42. The van der Waals surface area contributed by atoms with Gasteiger partial charge in [-0.2, -0.15) is 0 Å². The predicted molar refractivity (Wildman–Crippen MR) is 77.1 cm³/mol. The fraction of sp³-hybridized carbons (Fsp3) is 0.600. The monoisotopic (exact) mass is 267 g/mol. The molecule has 0 aromatic heterocycles. The van der Waals surface area contributed by atoms with Gasteiger partial charge in [-0.05, 0) is 37.6 Å². The van der Waals surface area contributed by atoms with E-state index in [2.05, 4.69) is 12.2 Å². The fourth-order valence-corrected chi connectivity index (χ4v) is 2.16. The summed E-state index contributed by atoms with van der Waals surface area (Å²) in [4.78, 5) is 0. The van der Waals surface area contributed by atoms with Crippen LogP contribution in [0.1, 0.15) is 31.4 Å². The number of ether oxygens (including phenoxy) is 3. The first-order chi connectivity index (χ1) is 9.26. The number of hydrogen-bond donors (Lipinski definition) is 1. The van der Waals surface area contributed by atoms with Crippen LogP contribution in [0.25, 0.3) is 0 Å². The molecule has 19 heavy (non-hydrogen) atoms. The molecular formula is C15H25NO3. The van der Waals surface area contributed by atoms with E-state index >= 15 is 0 Å². The van der Waals surface area contributed by atoms with Gasteiger partial charge in [-0.15, -0.1) is 0 Å². The van der Waals surface area contributed by atoms with Crippen molar-refractivity contribution in [2.24, 2.45) is 0 Å². The maximum absolute atomic E-state index is 5.45. The van der Waals surface area contributed by atoms with E-state index in [4.69, 9.17) is 14.2 Å². The molecule has 0 amide bonds. The summed E-state index contributed by atoms with van der Waals surface area (Å²) >= 11 is 0. The molecule has 0 heterocycles. The second-order valence-electron chi connectivity index (χ2n) is 4.35. The molecule has 0 fully saturated rings. The number of methoxy groups -OCH3 is 3. The summed E-state index contributed by atoms with van der Waals surface area (Å²) in [6, 6.07) is 6.17. The Kier molecular flexibility index (Phi) is 7.30. The Morgan fingerprint density at radius 2 is 1.95 bits per heavy atom. The summed E-state index contributed by atoms with van der Waals surface area (Å²) in [5.74, 6) is 1.75. The fourth-order valence-electron chi connectivity index (χ4n) is 2.16. The number of benzene rings is 1. The minimum absolute atomic E-state index is 0.255. The molecule has 4 heteroatoms. The third-order valence-corrected chi connectivity index (χ3v) is 3.10. The molecule has 1 unspecified atom stereocenters. The number of rotatable bonds is 9. The van der Waals surface area contributed by atoms with E-state index in [9.17, 15) is 0 Å². The van der Waals surface area contributed by atoms with Gasteiger partial charge in [-0.1, -0.05) is 6.92 Å². The van der Waals surface area contributed by atoms with Crippen molar-refractivity contribution in [3.8, 4) is 11.5 Å². The van der Waals surface area contributed by atoms with Gasteiger partial charge in [-0.3, -0.25) is 0 Å². The van der Waals surface area contributed by atoms with Crippen LogP contribution in [-0.2, 0) is 4.74 Å². The van der Waals surface area contributed by atoms with Gasteiger partial charge in [0.05, 0.1) is 14.2 Å². The molecule has 0 aliphatic carbocycles. The SMILES string of the molecule is CCNC(CCCOC)c1cc(OC)ccc1OC. The van der Waals surface area contributed by atoms with Crippen molar-refractivity contribution < 1.29 is 14.2 Å². The summed E-state index contributed by atoms with van der Waals surface area (Å²) in [6.07, 6.45) is 2.01. The molecule has 0 saturated carbocycles. The number of nitrogens with one attached hydrogen (secondary N) is 1. The molecule has 1 aromatic carbocycles. The van der Waals surface area contributed by atoms with E-state index in [1.807, 2.05) is 18.2 Å². The van der Waals surface area contributed by atoms with Gasteiger partial charge >= 0.3 is 0 Å². The van der Waals surface area contributed by atoms with Crippen LogP contribution in [0.4, 0.5) is 0 Å². The highest BCUT2D eigenvalue weighted by Gasteiger charge is 2.16. The summed E-state index contributed by atoms with van der Waals surface area (Å²) < 4.78 is 15.9. The second kappa shape index (κ2) is 8.77. The second-order valence-corrected chi connectivity index (χ2v) is 4.35. The van der Waals surface area contributed by atoms with Gasteiger partial charge in [-0.25, -0.2) is 0 Å².